The van der Waals surface area contributed by atoms with Crippen LogP contribution in [0.25, 0.3) is 0 Å². The fraction of sp³-hybridized carbons (Fsp3) is 0.364. The van der Waals surface area contributed by atoms with Crippen LogP contribution in [0, 0.1) is 5.92 Å². The van der Waals surface area contributed by atoms with Crippen LogP contribution in [-0.2, 0) is 0 Å². The first kappa shape index (κ1) is 11.4. The predicted octanol–water partition coefficient (Wildman–Crippen LogP) is 0.316. The number of hydrogen-bond acceptors (Lipinski definition) is 4. The van der Waals surface area contributed by atoms with Gasteiger partial charge in [-0.3, -0.25) is 9.78 Å². The van der Waals surface area contributed by atoms with Gasteiger partial charge < -0.3 is 16.3 Å². The highest BCUT2D eigenvalue weighted by Gasteiger charge is 2.22. The zero-order valence-corrected chi connectivity index (χ0v) is 9.26. The molecule has 0 radical (unpaired) electrons. The Morgan fingerprint density at radius 2 is 2.35 bits per heavy atom. The normalized spacial score (nSPS) is 15.6. The van der Waals surface area contributed by atoms with Gasteiger partial charge in [0.05, 0.1) is 0 Å². The van der Waals surface area contributed by atoms with Gasteiger partial charge in [-0.15, -0.1) is 0 Å². The van der Waals surface area contributed by atoms with Gasteiger partial charge in [0.1, 0.15) is 5.69 Å². The molecule has 0 atom stereocenters. The van der Waals surface area contributed by atoms with E-state index in [0.29, 0.717) is 23.7 Å². The molecule has 4 N–H and O–H groups in total. The fourth-order valence-electron chi connectivity index (χ4n) is 1.39. The number of nitrogens with zero attached hydrogens (tertiary/aromatic N) is 2. The number of pyridine rings is 1. The standard InChI is InChI=1S/C11H14N4O2/c12-10(15-17)8-3-4-9(13-6-8)11(16)14-5-7-1-2-7/h3-4,6-7,17H,1-2,5H2,(H2,12,15)(H,14,16). The lowest BCUT2D eigenvalue weighted by Gasteiger charge is -2.04. The molecule has 1 amide bonds. The third-order valence-electron chi connectivity index (χ3n) is 2.65. The Kier molecular flexibility index (Phi) is 3.22. The highest BCUT2D eigenvalue weighted by molar-refractivity contribution is 5.98. The van der Waals surface area contributed by atoms with Crippen LogP contribution in [0.2, 0.25) is 0 Å². The summed E-state index contributed by atoms with van der Waals surface area (Å²) in [5, 5.41) is 14.1. The molecule has 0 aromatic carbocycles. The lowest BCUT2D eigenvalue weighted by molar-refractivity contribution is 0.0947. The summed E-state index contributed by atoms with van der Waals surface area (Å²) >= 11 is 0. The molecular formula is C11H14N4O2. The predicted molar refractivity (Wildman–Crippen MR) is 61.8 cm³/mol. The van der Waals surface area contributed by atoms with E-state index in [1.807, 2.05) is 0 Å². The Labute approximate surface area is 98.5 Å². The first-order chi connectivity index (χ1) is 8.20. The van der Waals surface area contributed by atoms with Gasteiger partial charge in [-0.1, -0.05) is 5.16 Å². The van der Waals surface area contributed by atoms with Gasteiger partial charge in [0, 0.05) is 18.3 Å². The summed E-state index contributed by atoms with van der Waals surface area (Å²) in [6.45, 7) is 0.711. The number of carbonyl (C=O) groups is 1. The molecule has 0 unspecified atom stereocenters. The summed E-state index contributed by atoms with van der Waals surface area (Å²) in [5.74, 6) is 0.417. The van der Waals surface area contributed by atoms with Crippen LogP contribution >= 0.6 is 0 Å². The molecule has 1 fully saturated rings. The van der Waals surface area contributed by atoms with Crippen LogP contribution in [0.3, 0.4) is 0 Å². The zero-order chi connectivity index (χ0) is 12.3. The van der Waals surface area contributed by atoms with Crippen LogP contribution in [0.5, 0.6) is 0 Å². The van der Waals surface area contributed by atoms with Gasteiger partial charge in [0.15, 0.2) is 5.84 Å². The van der Waals surface area contributed by atoms with Crippen molar-refractivity contribution < 1.29 is 10.0 Å². The number of hydrogen-bond donors (Lipinski definition) is 3. The summed E-state index contributed by atoms with van der Waals surface area (Å²) in [6.07, 6.45) is 3.79. The van der Waals surface area contributed by atoms with E-state index >= 15 is 0 Å². The first-order valence-electron chi connectivity index (χ1n) is 5.43. The van der Waals surface area contributed by atoms with Gasteiger partial charge in [0.2, 0.25) is 0 Å². The average Bonchev–Trinajstić information content (AvgIpc) is 3.19. The number of amides is 1. The molecule has 0 aliphatic heterocycles. The summed E-state index contributed by atoms with van der Waals surface area (Å²) in [4.78, 5) is 15.6. The SMILES string of the molecule is N/C(=N/O)c1ccc(C(=O)NCC2CC2)nc1. The van der Waals surface area contributed by atoms with Gasteiger partial charge in [0.25, 0.3) is 5.91 Å². The molecule has 1 aliphatic rings. The lowest BCUT2D eigenvalue weighted by Crippen LogP contribution is -2.26. The quantitative estimate of drug-likeness (QED) is 0.302. The molecular weight excluding hydrogens is 220 g/mol. The van der Waals surface area contributed by atoms with Gasteiger partial charge >= 0.3 is 0 Å². The summed E-state index contributed by atoms with van der Waals surface area (Å²) in [5.41, 5.74) is 6.20. The lowest BCUT2D eigenvalue weighted by atomic mass is 10.2. The van der Waals surface area contributed by atoms with E-state index in [0.717, 1.165) is 0 Å². The third kappa shape index (κ3) is 2.93. The Balaban J connectivity index is 1.98. The largest absolute Gasteiger partial charge is 0.409 e. The highest BCUT2D eigenvalue weighted by atomic mass is 16.4. The fourth-order valence-corrected chi connectivity index (χ4v) is 1.39. The zero-order valence-electron chi connectivity index (χ0n) is 9.26. The van der Waals surface area contributed by atoms with Crippen molar-refractivity contribution in [2.45, 2.75) is 12.8 Å². The van der Waals surface area contributed by atoms with Crippen LogP contribution in [0.4, 0.5) is 0 Å². The minimum atomic E-state index is -0.192. The topological polar surface area (TPSA) is 101 Å². The Morgan fingerprint density at radius 1 is 1.59 bits per heavy atom. The number of amidine groups is 1. The van der Waals surface area contributed by atoms with E-state index in [1.54, 1.807) is 12.1 Å². The second kappa shape index (κ2) is 4.82. The van der Waals surface area contributed by atoms with E-state index in [-0.39, 0.29) is 11.7 Å². The molecule has 1 saturated carbocycles. The average molecular weight is 234 g/mol. The van der Waals surface area contributed by atoms with Crippen molar-refractivity contribution in [3.8, 4) is 0 Å². The number of nitrogens with two attached hydrogens (primary N) is 1. The van der Waals surface area contributed by atoms with Crippen LogP contribution in [0.1, 0.15) is 28.9 Å². The maximum absolute atomic E-state index is 11.6. The van der Waals surface area contributed by atoms with Crippen molar-refractivity contribution >= 4 is 11.7 Å². The van der Waals surface area contributed by atoms with E-state index in [4.69, 9.17) is 10.9 Å². The minimum absolute atomic E-state index is 0.0255. The monoisotopic (exact) mass is 234 g/mol. The van der Waals surface area contributed by atoms with Gasteiger partial charge in [-0.05, 0) is 30.9 Å². The van der Waals surface area contributed by atoms with Gasteiger partial charge in [-0.25, -0.2) is 0 Å². The molecule has 0 spiro atoms. The van der Waals surface area contributed by atoms with Crippen molar-refractivity contribution in [1.29, 1.82) is 0 Å². The van der Waals surface area contributed by atoms with Crippen molar-refractivity contribution in [2.24, 2.45) is 16.8 Å². The minimum Gasteiger partial charge on any atom is -0.409 e. The van der Waals surface area contributed by atoms with E-state index in [1.165, 1.54) is 19.0 Å². The van der Waals surface area contributed by atoms with Crippen molar-refractivity contribution in [1.82, 2.24) is 10.3 Å². The molecule has 90 valence electrons. The maximum Gasteiger partial charge on any atom is 0.269 e. The third-order valence-corrected chi connectivity index (χ3v) is 2.65. The summed E-state index contributed by atoms with van der Waals surface area (Å²) in [7, 11) is 0. The van der Waals surface area contributed by atoms with Crippen LogP contribution in [0.15, 0.2) is 23.5 Å². The molecule has 1 aromatic heterocycles. The van der Waals surface area contributed by atoms with E-state index in [2.05, 4.69) is 15.5 Å². The molecule has 6 nitrogen and oxygen atoms in total. The number of carbonyl (C=O) groups excluding carboxylic acids is 1. The second-order valence-electron chi connectivity index (χ2n) is 4.07. The Bertz CT molecular complexity index is 437. The molecule has 2 rings (SSSR count). The van der Waals surface area contributed by atoms with Crippen LogP contribution < -0.4 is 11.1 Å². The van der Waals surface area contributed by atoms with Crippen molar-refractivity contribution in [3.63, 3.8) is 0 Å². The Morgan fingerprint density at radius 3 is 2.88 bits per heavy atom. The van der Waals surface area contributed by atoms with E-state index in [9.17, 15) is 4.79 Å². The van der Waals surface area contributed by atoms with E-state index < -0.39 is 0 Å². The molecule has 1 aromatic rings. The number of oxime groups is 1. The highest BCUT2D eigenvalue weighted by Crippen LogP contribution is 2.27. The summed E-state index contributed by atoms with van der Waals surface area (Å²) < 4.78 is 0. The van der Waals surface area contributed by atoms with Crippen molar-refractivity contribution in [3.05, 3.63) is 29.6 Å². The summed E-state index contributed by atoms with van der Waals surface area (Å²) in [6, 6.07) is 3.14. The second-order valence-corrected chi connectivity index (χ2v) is 4.07. The van der Waals surface area contributed by atoms with Crippen LogP contribution in [-0.4, -0.2) is 28.5 Å². The molecule has 1 heterocycles. The molecule has 1 aliphatic carbocycles. The number of aromatic nitrogens is 1. The first-order valence-corrected chi connectivity index (χ1v) is 5.43. The van der Waals surface area contributed by atoms with Gasteiger partial charge in [-0.2, -0.15) is 0 Å². The molecule has 0 bridgehead atoms. The van der Waals surface area contributed by atoms with Crippen molar-refractivity contribution in [2.75, 3.05) is 6.54 Å². The molecule has 0 saturated heterocycles. The maximum atomic E-state index is 11.6. The number of nitrogens with one attached hydrogen (secondary N) is 1. The molecule has 6 heteroatoms. The smallest absolute Gasteiger partial charge is 0.269 e. The Hall–Kier alpha value is -2.11. The molecule has 17 heavy (non-hydrogen) atoms. The number of rotatable bonds is 4.